The number of fused-ring (bicyclic) bond motifs is 1. The third-order valence-corrected chi connectivity index (χ3v) is 8.19. The lowest BCUT2D eigenvalue weighted by Crippen LogP contribution is -2.40. The second kappa shape index (κ2) is 8.31. The number of piperidine rings is 1. The molecule has 1 fully saturated rings. The van der Waals surface area contributed by atoms with E-state index in [1.807, 2.05) is 13.8 Å². The molecule has 9 nitrogen and oxygen atoms in total. The van der Waals surface area contributed by atoms with Gasteiger partial charge in [-0.25, -0.2) is 18.4 Å². The van der Waals surface area contributed by atoms with Crippen molar-refractivity contribution in [3.63, 3.8) is 0 Å². The molecule has 2 aliphatic heterocycles. The topological polar surface area (TPSA) is 101 Å². The van der Waals surface area contributed by atoms with Crippen molar-refractivity contribution in [1.82, 2.24) is 24.1 Å². The van der Waals surface area contributed by atoms with E-state index in [2.05, 4.69) is 5.10 Å². The Morgan fingerprint density at radius 2 is 1.90 bits per heavy atom. The van der Waals surface area contributed by atoms with Gasteiger partial charge in [0.05, 0.1) is 11.7 Å². The Labute approximate surface area is 183 Å². The molecule has 0 N–H and O–H groups in total. The minimum Gasteiger partial charge on any atom is -0.300 e. The smallest absolute Gasteiger partial charge is 0.247 e. The highest BCUT2D eigenvalue weighted by Crippen LogP contribution is 2.37. The van der Waals surface area contributed by atoms with Gasteiger partial charge in [-0.2, -0.15) is 9.40 Å². The Bertz CT molecular complexity index is 1110. The van der Waals surface area contributed by atoms with Crippen LogP contribution in [0.5, 0.6) is 0 Å². The molecule has 1 saturated heterocycles. The van der Waals surface area contributed by atoms with Crippen LogP contribution < -0.4 is 4.90 Å². The van der Waals surface area contributed by atoms with E-state index in [9.17, 15) is 13.2 Å². The minimum atomic E-state index is -3.76. The lowest BCUT2D eigenvalue weighted by atomic mass is 10.0. The summed E-state index contributed by atoms with van der Waals surface area (Å²) in [6, 6.07) is -0.456. The van der Waals surface area contributed by atoms with Crippen LogP contribution in [0, 0.1) is 13.8 Å². The van der Waals surface area contributed by atoms with Gasteiger partial charge in [-0.3, -0.25) is 14.4 Å². The molecule has 2 aliphatic rings. The average Bonchev–Trinajstić information content (AvgIpc) is 3.12. The molecule has 2 aromatic rings. The molecule has 4 rings (SSSR count). The van der Waals surface area contributed by atoms with Crippen LogP contribution in [0.25, 0.3) is 0 Å². The largest absolute Gasteiger partial charge is 0.300 e. The summed E-state index contributed by atoms with van der Waals surface area (Å²) in [5.74, 6) is 1.09. The van der Waals surface area contributed by atoms with Crippen molar-refractivity contribution < 1.29 is 13.2 Å². The Hall–Kier alpha value is -2.33. The maximum Gasteiger partial charge on any atom is 0.247 e. The number of sulfonamides is 1. The van der Waals surface area contributed by atoms with E-state index in [4.69, 9.17) is 9.97 Å². The number of aromatic nitrogens is 4. The van der Waals surface area contributed by atoms with E-state index in [1.54, 1.807) is 29.7 Å². The number of nitrogens with zero attached hydrogens (tertiary/aromatic N) is 6. The fourth-order valence-electron chi connectivity index (χ4n) is 4.51. The zero-order valence-electron chi connectivity index (χ0n) is 18.6. The molecule has 168 valence electrons. The number of amides is 1. The second-order valence-corrected chi connectivity index (χ2v) is 10.3. The molecule has 0 radical (unpaired) electrons. The first-order chi connectivity index (χ1) is 14.7. The molecule has 0 bridgehead atoms. The van der Waals surface area contributed by atoms with E-state index in [0.717, 1.165) is 30.5 Å². The number of anilines is 1. The van der Waals surface area contributed by atoms with Gasteiger partial charge < -0.3 is 0 Å². The summed E-state index contributed by atoms with van der Waals surface area (Å²) in [6.07, 6.45) is 5.91. The van der Waals surface area contributed by atoms with Crippen LogP contribution in [0.3, 0.4) is 0 Å². The van der Waals surface area contributed by atoms with Crippen LogP contribution >= 0.6 is 0 Å². The number of aryl methyl sites for hydroxylation is 3. The van der Waals surface area contributed by atoms with E-state index in [-0.39, 0.29) is 10.8 Å². The van der Waals surface area contributed by atoms with Gasteiger partial charge in [-0.15, -0.1) is 0 Å². The number of hydrogen-bond donors (Lipinski definition) is 0. The SMILES string of the molecule is CCCn1cc(S(=O)(=O)N2CCCC[C@@H]2c2nc(C)c3c(n2)N(C)C(=O)CC3)c(C)n1. The highest BCUT2D eigenvalue weighted by atomic mass is 32.2. The highest BCUT2D eigenvalue weighted by molar-refractivity contribution is 7.89. The summed E-state index contributed by atoms with van der Waals surface area (Å²) in [5, 5.41) is 4.38. The van der Waals surface area contributed by atoms with Gasteiger partial charge in [0.1, 0.15) is 16.5 Å². The summed E-state index contributed by atoms with van der Waals surface area (Å²) < 4.78 is 30.5. The van der Waals surface area contributed by atoms with Crippen molar-refractivity contribution in [1.29, 1.82) is 0 Å². The van der Waals surface area contributed by atoms with Gasteiger partial charge in [0.2, 0.25) is 15.9 Å². The summed E-state index contributed by atoms with van der Waals surface area (Å²) in [7, 11) is -2.04. The quantitative estimate of drug-likeness (QED) is 0.699. The Morgan fingerprint density at radius 1 is 1.13 bits per heavy atom. The fourth-order valence-corrected chi connectivity index (χ4v) is 6.34. The van der Waals surface area contributed by atoms with Crippen LogP contribution in [-0.4, -0.2) is 52.0 Å². The molecule has 0 aromatic carbocycles. The van der Waals surface area contributed by atoms with Crippen molar-refractivity contribution in [3.05, 3.63) is 29.0 Å². The van der Waals surface area contributed by atoms with Crippen molar-refractivity contribution >= 4 is 21.7 Å². The van der Waals surface area contributed by atoms with Crippen LogP contribution in [0.4, 0.5) is 5.82 Å². The molecular weight excluding hydrogens is 416 g/mol. The summed E-state index contributed by atoms with van der Waals surface area (Å²) in [4.78, 5) is 23.4. The maximum atomic E-state index is 13.7. The van der Waals surface area contributed by atoms with Crippen LogP contribution in [0.15, 0.2) is 11.1 Å². The van der Waals surface area contributed by atoms with E-state index in [1.165, 1.54) is 4.31 Å². The molecule has 0 unspecified atom stereocenters. The van der Waals surface area contributed by atoms with E-state index >= 15 is 0 Å². The molecule has 1 amide bonds. The molecule has 2 aromatic heterocycles. The zero-order valence-corrected chi connectivity index (χ0v) is 19.4. The van der Waals surface area contributed by atoms with Gasteiger partial charge in [0, 0.05) is 44.0 Å². The first-order valence-corrected chi connectivity index (χ1v) is 12.4. The number of carbonyl (C=O) groups excluding carboxylic acids is 1. The van der Waals surface area contributed by atoms with Gasteiger partial charge >= 0.3 is 0 Å². The van der Waals surface area contributed by atoms with Crippen LogP contribution in [0.1, 0.15) is 67.8 Å². The number of hydrogen-bond acceptors (Lipinski definition) is 6. The maximum absolute atomic E-state index is 13.7. The molecule has 0 saturated carbocycles. The Balaban J connectivity index is 1.75. The Morgan fingerprint density at radius 3 is 2.65 bits per heavy atom. The first kappa shape index (κ1) is 21.9. The highest BCUT2D eigenvalue weighted by Gasteiger charge is 2.38. The van der Waals surface area contributed by atoms with Crippen molar-refractivity contribution in [2.75, 3.05) is 18.5 Å². The number of carbonyl (C=O) groups is 1. The van der Waals surface area contributed by atoms with Crippen LogP contribution in [0.2, 0.25) is 0 Å². The van der Waals surface area contributed by atoms with Gasteiger partial charge in [0.25, 0.3) is 0 Å². The summed E-state index contributed by atoms with van der Waals surface area (Å²) in [6.45, 7) is 6.77. The first-order valence-electron chi connectivity index (χ1n) is 10.9. The fraction of sp³-hybridized carbons (Fsp3) is 0.619. The summed E-state index contributed by atoms with van der Waals surface area (Å²) >= 11 is 0. The zero-order chi connectivity index (χ0) is 22.3. The van der Waals surface area contributed by atoms with Gasteiger partial charge in [-0.1, -0.05) is 13.3 Å². The second-order valence-electron chi connectivity index (χ2n) is 8.39. The monoisotopic (exact) mass is 446 g/mol. The standard InChI is InChI=1S/C21H30N6O3S/c1-5-11-26-13-18(15(3)24-26)31(29,30)27-12-7-6-8-17(27)20-22-14(2)16-9-10-19(28)25(4)21(16)23-20/h13,17H,5-12H2,1-4H3/t17-/m1/s1. The third kappa shape index (κ3) is 3.87. The molecule has 31 heavy (non-hydrogen) atoms. The summed E-state index contributed by atoms with van der Waals surface area (Å²) in [5.41, 5.74) is 2.28. The lowest BCUT2D eigenvalue weighted by molar-refractivity contribution is -0.118. The molecule has 0 spiro atoms. The average molecular weight is 447 g/mol. The molecule has 10 heteroatoms. The molecule has 1 atom stereocenters. The third-order valence-electron chi connectivity index (χ3n) is 6.18. The lowest BCUT2D eigenvalue weighted by Gasteiger charge is -2.34. The predicted octanol–water partition coefficient (Wildman–Crippen LogP) is 2.52. The van der Waals surface area contributed by atoms with E-state index < -0.39 is 16.1 Å². The van der Waals surface area contributed by atoms with Crippen molar-refractivity contribution in [3.8, 4) is 0 Å². The van der Waals surface area contributed by atoms with Crippen LogP contribution in [-0.2, 0) is 27.8 Å². The molecule has 0 aliphatic carbocycles. The van der Waals surface area contributed by atoms with Crippen molar-refractivity contribution in [2.45, 2.75) is 76.8 Å². The predicted molar refractivity (Wildman–Crippen MR) is 116 cm³/mol. The van der Waals surface area contributed by atoms with Gasteiger partial charge in [-0.05, 0) is 39.5 Å². The van der Waals surface area contributed by atoms with Gasteiger partial charge in [0.15, 0.2) is 0 Å². The minimum absolute atomic E-state index is 0.0173. The van der Waals surface area contributed by atoms with Crippen molar-refractivity contribution in [2.24, 2.45) is 0 Å². The van der Waals surface area contributed by atoms with E-state index in [0.29, 0.717) is 49.7 Å². The number of rotatable bonds is 5. The molecule has 4 heterocycles. The normalized spacial score (nSPS) is 20.2. The molecular formula is C21H30N6O3S. The Kier molecular flexibility index (Phi) is 5.87.